The number of likely N-dealkylation sites (tertiary alicyclic amines) is 2. The fourth-order valence-electron chi connectivity index (χ4n) is 16.2. The number of aliphatic carboxylic acids is 1. The molecule has 2 saturated heterocycles. The first kappa shape index (κ1) is 96.7. The molecular formula is C97H124N14O18. The highest BCUT2D eigenvalue weighted by molar-refractivity contribution is 5.99. The maximum Gasteiger partial charge on any atom is 0.410 e. The number of carbonyl (C=O) groups excluding carboxylic acids is 11. The first-order chi connectivity index (χ1) is 60.7. The lowest BCUT2D eigenvalue weighted by Crippen LogP contribution is -2.61. The number of nitrogens with one attached hydrogen (secondary N) is 6. The van der Waals surface area contributed by atoms with Crippen molar-refractivity contribution in [3.8, 4) is 11.5 Å². The number of likely N-dealkylation sites (N-methyl/N-ethyl adjacent to an activating group) is 2. The molecule has 12 atom stereocenters. The summed E-state index contributed by atoms with van der Waals surface area (Å²) in [5.74, 6) is -6.68. The maximum atomic E-state index is 15.8. The maximum absolute atomic E-state index is 15.8. The van der Waals surface area contributed by atoms with Gasteiger partial charge in [0.1, 0.15) is 102 Å². The van der Waals surface area contributed by atoms with Crippen LogP contribution in [0.3, 0.4) is 0 Å². The highest BCUT2D eigenvalue weighted by Crippen LogP contribution is 2.36. The number of carbonyl (C=O) groups is 12. The van der Waals surface area contributed by atoms with Crippen LogP contribution in [0, 0.1) is 17.8 Å². The van der Waals surface area contributed by atoms with Gasteiger partial charge in [0, 0.05) is 83.8 Å². The van der Waals surface area contributed by atoms with E-state index in [1.807, 2.05) is 96.4 Å². The molecule has 1 aromatic heterocycles. The lowest BCUT2D eigenvalue weighted by Gasteiger charge is -2.37. The molecule has 690 valence electrons. The quantitative estimate of drug-likeness (QED) is 0.0370. The molecule has 6 aromatic carbocycles. The van der Waals surface area contributed by atoms with Crippen LogP contribution in [0.4, 0.5) is 9.59 Å². The molecule has 8 heterocycles. The second-order valence-corrected chi connectivity index (χ2v) is 38.1. The standard InChI is InChI=1S/C97H124N14O18/c1-20-68-43-63-50-111(105-68)71-49-79(110(53-71)89(119)81(95(8,9)10)104-83(113)57(3)107(18)93(124)129-97(14,15)16)87(117)100-75(47-62-30-36-65-26-22-24-28-67(65)42-62)85(115)102-77(91(122)125-19)45-60-33-39-73(40-34-60)127-55-69-51-108(58(4)98-69)70-48-78(109(52-70)88(118)80(94(5,6)7)103-82(112)56(2)106(17)92(123)128-96(11,12)13)86(116)99-74(46-61-29-35-64-25-21-23-27-66(64)41-61)84(114)101-76(90(120)121)44-59-31-37-72(38-32-59)126-54-63/h21-42,50-51,56-57,70-71,74-81H,20,43-49,52-55H2,1-19H3,(H,99,116)(H,100,117)(H,101,114)(H,102,115)(H,103,112)(H,104,113)(H,120,121). The summed E-state index contributed by atoms with van der Waals surface area (Å²) in [7, 11) is 4.02. The molecule has 0 spiro atoms. The monoisotopic (exact) mass is 1770 g/mol. The number of aromatic nitrogens is 2. The van der Waals surface area contributed by atoms with E-state index in [1.54, 1.807) is 156 Å². The number of amides is 10. The fourth-order valence-corrected chi connectivity index (χ4v) is 16.2. The predicted octanol–water partition coefficient (Wildman–Crippen LogP) is 9.98. The van der Waals surface area contributed by atoms with Crippen LogP contribution >= 0.6 is 0 Å². The fraction of sp³-hybridized carbons (Fsp3) is 0.485. The molecule has 129 heavy (non-hydrogen) atoms. The molecule has 7 aromatic rings. The molecule has 12 bridgehead atoms. The van der Waals surface area contributed by atoms with Gasteiger partial charge in [-0.3, -0.25) is 53.2 Å². The summed E-state index contributed by atoms with van der Waals surface area (Å²) in [6, 6.07) is 25.2. The first-order valence-corrected chi connectivity index (χ1v) is 43.8. The van der Waals surface area contributed by atoms with Gasteiger partial charge in [-0.1, -0.05) is 158 Å². The minimum atomic E-state index is -1.55. The van der Waals surface area contributed by atoms with E-state index in [1.165, 1.54) is 44.9 Å². The van der Waals surface area contributed by atoms with E-state index < -0.39 is 166 Å². The van der Waals surface area contributed by atoms with Crippen molar-refractivity contribution in [2.24, 2.45) is 15.9 Å². The number of rotatable bonds is 15. The number of nitrogens with zero attached hydrogens (tertiary/aromatic N) is 8. The van der Waals surface area contributed by atoms with Crippen molar-refractivity contribution in [1.82, 2.24) is 66.1 Å². The second kappa shape index (κ2) is 40.6. The Morgan fingerprint density at radius 3 is 1.42 bits per heavy atom. The van der Waals surface area contributed by atoms with Crippen LogP contribution in [-0.4, -0.2) is 235 Å². The van der Waals surface area contributed by atoms with Gasteiger partial charge in [0.2, 0.25) is 47.3 Å². The topological polar surface area (TPSA) is 390 Å². The molecular weight excluding hydrogens is 1650 g/mol. The van der Waals surface area contributed by atoms with Crippen LogP contribution < -0.4 is 41.4 Å². The SMILES string of the molecule is CCC1=NN2C=C(COc3ccc(cc3)CC(C(=O)O)NC(=O)C(Cc3ccc4ccccc4c3)NC(=O)C3CC(CN3C(=O)C(NC(=O)C(C)N(C)C(=O)OC(C)(C)C)C(C)(C)C)n3cc(nc3C)COc3ccc(cc3)CC(C(=O)OC)NC(=O)C(Cc3ccc4ccccc4c3)NC(=O)C3CC2CN3C(=O)C(NC(=O)C(C)N(C)C(=O)OC(C)(C)C)C(C)(C)C)C1. The van der Waals surface area contributed by atoms with E-state index in [0.29, 0.717) is 58.1 Å². The van der Waals surface area contributed by atoms with Gasteiger partial charge in [-0.2, -0.15) is 5.10 Å². The molecule has 2 fully saturated rings. The number of carboxylic acid groups (broad SMARTS) is 1. The Balaban J connectivity index is 0.953. The second-order valence-electron chi connectivity index (χ2n) is 38.1. The Morgan fingerprint density at radius 1 is 0.558 bits per heavy atom. The third kappa shape index (κ3) is 24.9. The molecule has 32 nitrogen and oxygen atoms in total. The third-order valence-corrected chi connectivity index (χ3v) is 23.7. The largest absolute Gasteiger partial charge is 0.489 e. The average molecular weight is 1770 g/mol. The molecule has 0 saturated carbocycles. The zero-order valence-corrected chi connectivity index (χ0v) is 77.2. The summed E-state index contributed by atoms with van der Waals surface area (Å²) >= 11 is 0. The lowest BCUT2D eigenvalue weighted by molar-refractivity contribution is -0.146. The minimum absolute atomic E-state index is 0.0119. The number of hydrogen-bond donors (Lipinski definition) is 7. The number of carboxylic acids is 1. The van der Waals surface area contributed by atoms with E-state index in [2.05, 4.69) is 31.9 Å². The van der Waals surface area contributed by atoms with Gasteiger partial charge in [0.25, 0.3) is 0 Å². The summed E-state index contributed by atoms with van der Waals surface area (Å²) < 4.78 is 31.2. The summed E-state index contributed by atoms with van der Waals surface area (Å²) in [5.41, 5.74) is 0.416. The number of methoxy groups -OCH3 is 1. The summed E-state index contributed by atoms with van der Waals surface area (Å²) in [4.78, 5) is 187. The third-order valence-electron chi connectivity index (χ3n) is 23.7. The van der Waals surface area contributed by atoms with Crippen LogP contribution in [0.2, 0.25) is 0 Å². The van der Waals surface area contributed by atoms with Crippen LogP contribution in [0.1, 0.15) is 169 Å². The van der Waals surface area contributed by atoms with Crippen molar-refractivity contribution < 1.29 is 86.3 Å². The summed E-state index contributed by atoms with van der Waals surface area (Å²) in [6.45, 7) is 27.1. The van der Waals surface area contributed by atoms with Gasteiger partial charge in [0.05, 0.1) is 24.9 Å². The number of fused-ring (bicyclic) bond motifs is 2. The highest BCUT2D eigenvalue weighted by Gasteiger charge is 2.50. The zero-order chi connectivity index (χ0) is 94.1. The molecule has 12 unspecified atom stereocenters. The van der Waals surface area contributed by atoms with Gasteiger partial charge >= 0.3 is 24.1 Å². The molecule has 0 aliphatic carbocycles. The normalized spacial score (nSPS) is 21.0. The Morgan fingerprint density at radius 2 is 0.984 bits per heavy atom. The smallest absolute Gasteiger partial charge is 0.410 e. The van der Waals surface area contributed by atoms with Crippen LogP contribution in [-0.2, 0) is 94.4 Å². The molecule has 32 heteroatoms. The van der Waals surface area contributed by atoms with Gasteiger partial charge in [-0.05, 0) is 160 Å². The van der Waals surface area contributed by atoms with E-state index in [0.717, 1.165) is 42.6 Å². The number of esters is 1. The van der Waals surface area contributed by atoms with Crippen LogP contribution in [0.5, 0.6) is 11.5 Å². The minimum Gasteiger partial charge on any atom is -0.489 e. The Bertz CT molecular complexity index is 5390. The number of imidazole rings is 1. The Kier molecular flexibility index (Phi) is 30.4. The number of benzene rings is 6. The van der Waals surface area contributed by atoms with Gasteiger partial charge in [-0.15, -0.1) is 0 Å². The first-order valence-electron chi connectivity index (χ1n) is 43.8. The van der Waals surface area contributed by atoms with Crippen molar-refractivity contribution >= 4 is 98.6 Å². The van der Waals surface area contributed by atoms with Crippen molar-refractivity contribution in [3.63, 3.8) is 0 Å². The van der Waals surface area contributed by atoms with Crippen molar-refractivity contribution in [2.45, 2.75) is 252 Å². The summed E-state index contributed by atoms with van der Waals surface area (Å²) in [6.07, 6.45) is 2.22. The van der Waals surface area contributed by atoms with Crippen molar-refractivity contribution in [1.29, 1.82) is 0 Å². The number of aryl methyl sites for hydroxylation is 1. The van der Waals surface area contributed by atoms with Crippen molar-refractivity contribution in [2.75, 3.05) is 40.9 Å². The van der Waals surface area contributed by atoms with E-state index in [9.17, 15) is 33.9 Å². The lowest BCUT2D eigenvalue weighted by atomic mass is 9.85. The van der Waals surface area contributed by atoms with E-state index in [-0.39, 0.29) is 64.8 Å². The molecule has 0 radical (unpaired) electrons. The van der Waals surface area contributed by atoms with Gasteiger partial charge < -0.3 is 75.1 Å². The Labute approximate surface area is 753 Å². The van der Waals surface area contributed by atoms with Crippen LogP contribution in [0.15, 0.2) is 157 Å². The zero-order valence-electron chi connectivity index (χ0n) is 77.2. The van der Waals surface area contributed by atoms with Gasteiger partial charge in [0.15, 0.2) is 0 Å². The average Bonchev–Trinajstić information content (AvgIpc) is 1.69. The number of hydrogen-bond acceptors (Lipinski definition) is 20. The molecule has 7 N–H and O–H groups in total. The molecule has 10 amide bonds. The molecule has 7 aliphatic rings. The molecule has 14 rings (SSSR count). The van der Waals surface area contributed by atoms with Crippen molar-refractivity contribution in [3.05, 3.63) is 185 Å². The highest BCUT2D eigenvalue weighted by atomic mass is 16.6. The number of hydrazone groups is 1. The number of ether oxygens (including phenoxy) is 5. The van der Waals surface area contributed by atoms with Crippen LogP contribution in [0.25, 0.3) is 21.5 Å². The predicted molar refractivity (Wildman–Crippen MR) is 485 cm³/mol. The molecule has 7 aliphatic heterocycles. The summed E-state index contributed by atoms with van der Waals surface area (Å²) in [5, 5.41) is 38.7. The van der Waals surface area contributed by atoms with E-state index in [4.69, 9.17) is 33.8 Å². The van der Waals surface area contributed by atoms with E-state index >= 15 is 28.8 Å². The Hall–Kier alpha value is -12.9. The van der Waals surface area contributed by atoms with Gasteiger partial charge in [-0.25, -0.2) is 24.2 Å².